The van der Waals surface area contributed by atoms with Crippen LogP contribution in [0.2, 0.25) is 10.0 Å². The Balaban J connectivity index is 1.55. The zero-order valence-corrected chi connectivity index (χ0v) is 17.1. The fourth-order valence-corrected chi connectivity index (χ4v) is 4.61. The number of carbonyl (C=O) groups excluding carboxylic acids is 3. The van der Waals surface area contributed by atoms with E-state index in [1.807, 2.05) is 0 Å². The number of halogens is 2. The van der Waals surface area contributed by atoms with Gasteiger partial charge in [0.1, 0.15) is 0 Å². The van der Waals surface area contributed by atoms with E-state index in [9.17, 15) is 14.4 Å². The molecule has 8 heteroatoms. The zero-order valence-electron chi connectivity index (χ0n) is 15.6. The lowest BCUT2D eigenvalue weighted by Gasteiger charge is -2.23. The second-order valence-electron chi connectivity index (χ2n) is 7.43. The Morgan fingerprint density at radius 2 is 1.79 bits per heavy atom. The van der Waals surface area contributed by atoms with Gasteiger partial charge in [-0.3, -0.25) is 14.9 Å². The lowest BCUT2D eigenvalue weighted by molar-refractivity contribution is -0.134. The van der Waals surface area contributed by atoms with Gasteiger partial charge in [0.05, 0.1) is 12.5 Å². The second kappa shape index (κ2) is 9.61. The van der Waals surface area contributed by atoms with Crippen LogP contribution in [0.15, 0.2) is 12.1 Å². The van der Waals surface area contributed by atoms with Crippen LogP contribution in [0.5, 0.6) is 0 Å². The third-order valence-corrected chi connectivity index (χ3v) is 5.96. The molecule has 0 radical (unpaired) electrons. The number of carbonyl (C=O) groups is 3. The summed E-state index contributed by atoms with van der Waals surface area (Å²) in [6.45, 7) is 0.667. The number of piperidine rings is 1. The molecule has 1 aromatic rings. The standard InChI is InChI=1S/C20H24Cl2N2O4/c21-15-8-13(10-23-20(27)28-11-12-4-2-1-3-5-12)9-16(22)18(15)14-6-7-17(25)24-19(14)26/h8-9,12,14H,1-7,10-11H2,(H,23,27)(H,24,25,26). The van der Waals surface area contributed by atoms with Crippen molar-refractivity contribution in [3.05, 3.63) is 33.3 Å². The molecule has 3 rings (SSSR count). The molecule has 2 aliphatic rings. The molecule has 28 heavy (non-hydrogen) atoms. The Labute approximate surface area is 174 Å². The topological polar surface area (TPSA) is 84.5 Å². The molecule has 3 amide bonds. The number of rotatable bonds is 5. The van der Waals surface area contributed by atoms with Crippen molar-refractivity contribution in [2.45, 2.75) is 57.4 Å². The average Bonchev–Trinajstić information content (AvgIpc) is 2.66. The fourth-order valence-electron chi connectivity index (χ4n) is 3.81. The maximum atomic E-state index is 12.1. The summed E-state index contributed by atoms with van der Waals surface area (Å²) in [6.07, 6.45) is 6.04. The molecular weight excluding hydrogens is 403 g/mol. The molecule has 0 bridgehead atoms. The quantitative estimate of drug-likeness (QED) is 0.686. The summed E-state index contributed by atoms with van der Waals surface area (Å²) in [5.74, 6) is -0.783. The van der Waals surface area contributed by atoms with Crippen LogP contribution in [-0.2, 0) is 20.9 Å². The largest absolute Gasteiger partial charge is 0.449 e. The van der Waals surface area contributed by atoms with Gasteiger partial charge >= 0.3 is 6.09 Å². The lowest BCUT2D eigenvalue weighted by atomic mass is 9.90. The normalized spacial score (nSPS) is 20.6. The van der Waals surface area contributed by atoms with Crippen molar-refractivity contribution < 1.29 is 19.1 Å². The minimum Gasteiger partial charge on any atom is -0.449 e. The number of hydrogen-bond donors (Lipinski definition) is 2. The molecule has 1 aliphatic carbocycles. The smallest absolute Gasteiger partial charge is 0.407 e. The monoisotopic (exact) mass is 426 g/mol. The summed E-state index contributed by atoms with van der Waals surface area (Å²) in [7, 11) is 0. The third kappa shape index (κ3) is 5.39. The highest BCUT2D eigenvalue weighted by Crippen LogP contribution is 2.36. The molecule has 152 valence electrons. The first-order chi connectivity index (χ1) is 13.4. The number of hydrogen-bond acceptors (Lipinski definition) is 4. The molecule has 1 aromatic carbocycles. The zero-order chi connectivity index (χ0) is 20.1. The predicted octanol–water partition coefficient (Wildman–Crippen LogP) is 4.32. The van der Waals surface area contributed by atoms with E-state index in [4.69, 9.17) is 27.9 Å². The van der Waals surface area contributed by atoms with E-state index in [-0.39, 0.29) is 18.9 Å². The molecule has 1 unspecified atom stereocenters. The molecule has 2 N–H and O–H groups in total. The van der Waals surface area contributed by atoms with E-state index in [1.165, 1.54) is 19.3 Å². The van der Waals surface area contributed by atoms with Crippen LogP contribution in [0, 0.1) is 5.92 Å². The van der Waals surface area contributed by atoms with E-state index >= 15 is 0 Å². The van der Waals surface area contributed by atoms with Crippen LogP contribution in [0.3, 0.4) is 0 Å². The summed E-state index contributed by atoms with van der Waals surface area (Å²) in [6, 6.07) is 3.35. The van der Waals surface area contributed by atoms with Crippen molar-refractivity contribution in [1.82, 2.24) is 10.6 Å². The molecule has 2 fully saturated rings. The number of amides is 3. The van der Waals surface area contributed by atoms with E-state index < -0.39 is 17.9 Å². The van der Waals surface area contributed by atoms with Gasteiger partial charge in [-0.1, -0.05) is 42.5 Å². The molecule has 1 heterocycles. The summed E-state index contributed by atoms with van der Waals surface area (Å²) in [5.41, 5.74) is 1.22. The highest BCUT2D eigenvalue weighted by atomic mass is 35.5. The molecule has 1 saturated heterocycles. The first kappa shape index (κ1) is 20.9. The van der Waals surface area contributed by atoms with Crippen LogP contribution in [0.4, 0.5) is 4.79 Å². The van der Waals surface area contributed by atoms with Gasteiger partial charge in [-0.15, -0.1) is 0 Å². The van der Waals surface area contributed by atoms with E-state index in [1.54, 1.807) is 12.1 Å². The number of alkyl carbamates (subject to hydrolysis) is 1. The highest BCUT2D eigenvalue weighted by molar-refractivity contribution is 6.36. The molecule has 1 saturated carbocycles. The molecule has 6 nitrogen and oxygen atoms in total. The minimum absolute atomic E-state index is 0.221. The third-order valence-electron chi connectivity index (χ3n) is 5.34. The van der Waals surface area contributed by atoms with Crippen molar-refractivity contribution in [2.75, 3.05) is 6.61 Å². The van der Waals surface area contributed by atoms with E-state index in [2.05, 4.69) is 10.6 Å². The summed E-state index contributed by atoms with van der Waals surface area (Å²) < 4.78 is 5.31. The fraction of sp³-hybridized carbons (Fsp3) is 0.550. The van der Waals surface area contributed by atoms with Gasteiger partial charge in [-0.25, -0.2) is 4.79 Å². The first-order valence-corrected chi connectivity index (χ1v) is 10.4. The van der Waals surface area contributed by atoms with Crippen LogP contribution in [-0.4, -0.2) is 24.5 Å². The minimum atomic E-state index is -0.555. The van der Waals surface area contributed by atoms with Gasteiger partial charge in [0, 0.05) is 28.6 Å². The Bertz CT molecular complexity index is 740. The van der Waals surface area contributed by atoms with Gasteiger partial charge in [0.2, 0.25) is 11.8 Å². The van der Waals surface area contributed by atoms with Crippen LogP contribution in [0.25, 0.3) is 0 Å². The van der Waals surface area contributed by atoms with Crippen LogP contribution >= 0.6 is 23.2 Å². The first-order valence-electron chi connectivity index (χ1n) is 9.66. The molecule has 0 spiro atoms. The Hall–Kier alpha value is -1.79. The van der Waals surface area contributed by atoms with Crippen molar-refractivity contribution >= 4 is 41.1 Å². The second-order valence-corrected chi connectivity index (χ2v) is 8.25. The molecule has 1 aliphatic heterocycles. The van der Waals surface area contributed by atoms with Crippen LogP contribution in [0.1, 0.15) is 62.0 Å². The predicted molar refractivity (Wildman–Crippen MR) is 106 cm³/mol. The maximum absolute atomic E-state index is 12.1. The van der Waals surface area contributed by atoms with Crippen molar-refractivity contribution in [3.63, 3.8) is 0 Å². The SMILES string of the molecule is O=C1CCC(c2c(Cl)cc(CNC(=O)OCC3CCCCC3)cc2Cl)C(=O)N1. The number of ether oxygens (including phenoxy) is 1. The van der Waals surface area contributed by atoms with E-state index in [0.29, 0.717) is 40.1 Å². The van der Waals surface area contributed by atoms with Gasteiger partial charge in [-0.05, 0) is 42.9 Å². The highest BCUT2D eigenvalue weighted by Gasteiger charge is 2.31. The molecular formula is C20H24Cl2N2O4. The summed E-state index contributed by atoms with van der Waals surface area (Å²) >= 11 is 12.7. The van der Waals surface area contributed by atoms with Gasteiger partial charge in [0.25, 0.3) is 0 Å². The number of nitrogens with one attached hydrogen (secondary N) is 2. The van der Waals surface area contributed by atoms with Gasteiger partial charge < -0.3 is 10.1 Å². The van der Waals surface area contributed by atoms with Crippen molar-refractivity contribution in [3.8, 4) is 0 Å². The Kier molecular flexibility index (Phi) is 7.18. The van der Waals surface area contributed by atoms with Crippen LogP contribution < -0.4 is 10.6 Å². The summed E-state index contributed by atoms with van der Waals surface area (Å²) in [5, 5.41) is 5.70. The molecule has 1 atom stereocenters. The van der Waals surface area contributed by atoms with Gasteiger partial charge in [0.15, 0.2) is 0 Å². The van der Waals surface area contributed by atoms with Crippen molar-refractivity contribution in [1.29, 1.82) is 0 Å². The lowest BCUT2D eigenvalue weighted by Crippen LogP contribution is -2.39. The average molecular weight is 427 g/mol. The Morgan fingerprint density at radius 3 is 2.43 bits per heavy atom. The van der Waals surface area contributed by atoms with Gasteiger partial charge in [-0.2, -0.15) is 0 Å². The Morgan fingerprint density at radius 1 is 1.11 bits per heavy atom. The maximum Gasteiger partial charge on any atom is 0.407 e. The molecule has 0 aromatic heterocycles. The number of imide groups is 1. The van der Waals surface area contributed by atoms with Crippen molar-refractivity contribution in [2.24, 2.45) is 5.92 Å². The summed E-state index contributed by atoms with van der Waals surface area (Å²) in [4.78, 5) is 35.3. The number of benzene rings is 1. The van der Waals surface area contributed by atoms with E-state index in [0.717, 1.165) is 12.8 Å².